The first-order chi connectivity index (χ1) is 58.6. The molecule has 0 aliphatic rings. The van der Waals surface area contributed by atoms with Crippen molar-refractivity contribution in [2.45, 2.75) is 83.1 Å². The molecule has 15 heterocycles. The number of hydrogen-bond donors (Lipinski definition) is 0. The van der Waals surface area contributed by atoms with Crippen LogP contribution >= 0.6 is 0 Å². The minimum atomic E-state index is 0.946. The van der Waals surface area contributed by atoms with Gasteiger partial charge in [0.05, 0.1) is 5.56 Å². The van der Waals surface area contributed by atoms with E-state index in [9.17, 15) is 0 Å². The maximum atomic E-state index is 4.45. The minimum absolute atomic E-state index is 0.946. The van der Waals surface area contributed by atoms with E-state index in [0.29, 0.717) is 0 Å². The van der Waals surface area contributed by atoms with Gasteiger partial charge in [0.15, 0.2) is 31.0 Å². The van der Waals surface area contributed by atoms with Gasteiger partial charge in [-0.05, 0) is 184 Å². The van der Waals surface area contributed by atoms with Gasteiger partial charge in [-0.15, -0.1) is 0 Å². The van der Waals surface area contributed by atoms with E-state index in [1.165, 1.54) is 151 Å². The summed E-state index contributed by atoms with van der Waals surface area (Å²) < 4.78 is 32.0. The molecule has 0 fully saturated rings. The normalized spacial score (nSPS) is 11.4. The number of pyridine rings is 5. The molecule has 0 saturated carbocycles. The van der Waals surface area contributed by atoms with Gasteiger partial charge in [-0.2, -0.15) is 22.8 Å². The maximum Gasteiger partial charge on any atom is 0.238 e. The summed E-state index contributed by atoms with van der Waals surface area (Å²) in [6.07, 6.45) is 40.7. The third-order valence-electron chi connectivity index (χ3n) is 24.4. The highest BCUT2D eigenvalue weighted by Gasteiger charge is 2.28. The van der Waals surface area contributed by atoms with Crippen LogP contribution in [0.3, 0.4) is 0 Å². The smallest absolute Gasteiger partial charge is 0.238 e. The Hall–Kier alpha value is -14.4. The molecular formula is C102H109N20+5. The summed E-state index contributed by atoms with van der Waals surface area (Å²) in [6, 6.07) is 50.0. The molecule has 5 aromatic carbocycles. The number of imidazole rings is 10. The summed E-state index contributed by atoms with van der Waals surface area (Å²) in [5, 5.41) is 0. The van der Waals surface area contributed by atoms with Crippen LogP contribution in [0.5, 0.6) is 0 Å². The van der Waals surface area contributed by atoms with Crippen molar-refractivity contribution in [3.05, 3.63) is 330 Å². The fraction of sp³-hybridized carbons (Fsp3) is 0.216. The van der Waals surface area contributed by atoms with Crippen molar-refractivity contribution in [2.24, 2.45) is 70.5 Å². The third kappa shape index (κ3) is 15.0. The average Bonchev–Trinajstić information content (AvgIpc) is 1.31. The van der Waals surface area contributed by atoms with Gasteiger partial charge in [-0.25, -0.2) is 24.9 Å². The molecule has 20 aromatic rings. The van der Waals surface area contributed by atoms with Crippen LogP contribution in [0.4, 0.5) is 0 Å². The second-order valence-electron chi connectivity index (χ2n) is 32.8. The van der Waals surface area contributed by atoms with Crippen LogP contribution < -0.4 is 22.8 Å². The van der Waals surface area contributed by atoms with Gasteiger partial charge in [0.25, 0.3) is 0 Å². The predicted molar refractivity (Wildman–Crippen MR) is 488 cm³/mol. The Morgan fingerprint density at radius 3 is 0.885 bits per heavy atom. The minimum Gasteiger partial charge on any atom is -0.308 e. The van der Waals surface area contributed by atoms with Crippen LogP contribution in [0.25, 0.3) is 141 Å². The molecule has 0 aliphatic carbocycles. The van der Waals surface area contributed by atoms with E-state index in [1.807, 2.05) is 62.0 Å². The van der Waals surface area contributed by atoms with Crippen LogP contribution in [0, 0.1) is 83.1 Å². The monoisotopic (exact) mass is 1610 g/mol. The van der Waals surface area contributed by atoms with Gasteiger partial charge in [-0.1, -0.05) is 103 Å². The van der Waals surface area contributed by atoms with Gasteiger partial charge in [0.2, 0.25) is 57.4 Å². The van der Waals surface area contributed by atoms with Crippen molar-refractivity contribution in [1.29, 1.82) is 0 Å². The lowest BCUT2D eigenvalue weighted by atomic mass is 9.93. The van der Waals surface area contributed by atoms with E-state index in [1.54, 1.807) is 0 Å². The Kier molecular flexibility index (Phi) is 22.0. The molecule has 0 aliphatic heterocycles. The Balaban J connectivity index is 0.000000113. The molecule has 0 unspecified atom stereocenters. The number of nitrogens with zero attached hydrogens (tertiary/aromatic N) is 20. The van der Waals surface area contributed by atoms with Gasteiger partial charge in [0, 0.05) is 181 Å². The van der Waals surface area contributed by atoms with Gasteiger partial charge in [0.1, 0.15) is 63.7 Å². The van der Waals surface area contributed by atoms with E-state index in [2.05, 4.69) is 448 Å². The van der Waals surface area contributed by atoms with Gasteiger partial charge < -0.3 is 22.8 Å². The standard InChI is InChI=1S/2C21H23N4.3C20H21N4/c1-14-7-6-8-15(2)20(14)17-11-18(23(4)12-16(17)3)19-13-25-10-9-22-21(25)24(19)5;1-14-7-6-8-15(2)20(14)17-12-23(4)18(11-16(17)3)19-13-25-10-9-22-21(25)24(19)5;1-14-7-5-8-15(2)18(14)16-9-6-11-22(3)19(16)17-13-24-12-10-21-20(24)23(17)4;1-14-7-5-6-8-16(14)17-11-18(22(3)12-15(17)2)19-13-24-10-9-21-20(24)23(19)4;1-14-7-5-6-8-16(14)17-12-22(3)18(11-15(17)2)19-13-24-10-9-21-20(24)23(19)4/h2*6-13H,1-5H3;3*5-13H,1-4H3/q5*+1. The summed E-state index contributed by atoms with van der Waals surface area (Å²) in [5.41, 5.74) is 40.1. The molecular weight excluding hydrogens is 1510 g/mol. The Morgan fingerprint density at radius 1 is 0.230 bits per heavy atom. The summed E-state index contributed by atoms with van der Waals surface area (Å²) in [4.78, 5) is 22.1. The molecule has 15 aromatic heterocycles. The predicted octanol–water partition coefficient (Wildman–Crippen LogP) is 17.9. The van der Waals surface area contributed by atoms with Crippen molar-refractivity contribution < 1.29 is 22.8 Å². The molecule has 20 heteroatoms. The zero-order valence-electron chi connectivity index (χ0n) is 74.3. The Bertz CT molecular complexity index is 7320. The van der Waals surface area contributed by atoms with E-state index in [4.69, 9.17) is 0 Å². The van der Waals surface area contributed by atoms with Crippen LogP contribution in [0.15, 0.2) is 263 Å². The lowest BCUT2D eigenvalue weighted by Gasteiger charge is -2.13. The van der Waals surface area contributed by atoms with E-state index in [-0.39, 0.29) is 0 Å². The quantitative estimate of drug-likeness (QED) is 0.126. The lowest BCUT2D eigenvalue weighted by Crippen LogP contribution is -2.32. The number of fused-ring (bicyclic) bond motifs is 5. The summed E-state index contributed by atoms with van der Waals surface area (Å²) in [5.74, 6) is 4.74. The second-order valence-corrected chi connectivity index (χ2v) is 32.8. The highest BCUT2D eigenvalue weighted by atomic mass is 15.2. The van der Waals surface area contributed by atoms with Crippen LogP contribution in [0.2, 0.25) is 0 Å². The fourth-order valence-corrected chi connectivity index (χ4v) is 17.9. The molecule has 0 amide bonds. The van der Waals surface area contributed by atoms with Crippen molar-refractivity contribution in [3.63, 3.8) is 0 Å². The highest BCUT2D eigenvalue weighted by Crippen LogP contribution is 2.38. The molecule has 0 atom stereocenters. The molecule has 0 saturated heterocycles. The Morgan fingerprint density at radius 2 is 0.508 bits per heavy atom. The maximum absolute atomic E-state index is 4.45. The molecule has 20 rings (SSSR count). The molecule has 20 nitrogen and oxygen atoms in total. The van der Waals surface area contributed by atoms with E-state index >= 15 is 0 Å². The molecule has 122 heavy (non-hydrogen) atoms. The first-order valence-electron chi connectivity index (χ1n) is 41.4. The fourth-order valence-electron chi connectivity index (χ4n) is 17.9. The summed E-state index contributed by atoms with van der Waals surface area (Å²) in [7, 11) is 20.8. The van der Waals surface area contributed by atoms with Crippen molar-refractivity contribution in [3.8, 4) is 113 Å². The number of hydrogen-bond acceptors (Lipinski definition) is 5. The number of aromatic nitrogens is 20. The zero-order chi connectivity index (χ0) is 86.0. The van der Waals surface area contributed by atoms with Crippen molar-refractivity contribution >= 4 is 28.9 Å². The topological polar surface area (TPSA) is 131 Å². The summed E-state index contributed by atoms with van der Waals surface area (Å²) in [6.45, 7) is 26.1. The van der Waals surface area contributed by atoms with Gasteiger partial charge >= 0.3 is 0 Å². The largest absolute Gasteiger partial charge is 0.308 e. The molecule has 0 radical (unpaired) electrons. The van der Waals surface area contributed by atoms with Crippen LogP contribution in [0.1, 0.15) is 66.8 Å². The second kappa shape index (κ2) is 33.1. The molecule has 0 bridgehead atoms. The first kappa shape index (κ1) is 81.3. The molecule has 0 spiro atoms. The number of rotatable bonds is 10. The third-order valence-corrected chi connectivity index (χ3v) is 24.4. The molecule has 0 N–H and O–H groups in total. The lowest BCUT2D eigenvalue weighted by molar-refractivity contribution is -0.661. The number of benzene rings is 5. The van der Waals surface area contributed by atoms with Crippen molar-refractivity contribution in [2.75, 3.05) is 0 Å². The Labute approximate surface area is 713 Å². The van der Waals surface area contributed by atoms with E-state index < -0.39 is 0 Å². The first-order valence-corrected chi connectivity index (χ1v) is 41.4. The SMILES string of the molecule is Cc1c[n+](C)c(-c2cn3ccnc3n2C)cc1-c1c(C)cccc1C.Cc1cc(-c2cn3ccnc3n2C)[n+](C)cc1-c1c(C)cccc1C.Cc1cccc(C)c1-c1ccc[n+](C)c1-c1cn2ccnc2n1C.Cc1ccccc1-c1c[n+](C)c(-c2cn3ccnc3n2C)cc1C.Cc1ccccc1-c1cc(-c2cn3ccnc3n2C)[n+](C)cc1C. The molecule has 612 valence electrons. The zero-order valence-corrected chi connectivity index (χ0v) is 74.3. The average molecular weight is 1620 g/mol. The van der Waals surface area contributed by atoms with Crippen LogP contribution in [-0.4, -0.2) is 69.8 Å². The number of aryl methyl sites for hydroxylation is 22. The van der Waals surface area contributed by atoms with Crippen molar-refractivity contribution in [1.82, 2.24) is 69.8 Å². The summed E-state index contributed by atoms with van der Waals surface area (Å²) >= 11 is 0. The van der Waals surface area contributed by atoms with Gasteiger partial charge in [-0.3, -0.25) is 22.0 Å². The van der Waals surface area contributed by atoms with Crippen LogP contribution in [-0.2, 0) is 70.5 Å². The highest BCUT2D eigenvalue weighted by molar-refractivity contribution is 5.83. The van der Waals surface area contributed by atoms with E-state index in [0.717, 1.165) is 57.4 Å².